The van der Waals surface area contributed by atoms with Gasteiger partial charge in [-0.1, -0.05) is 46.8 Å². The highest BCUT2D eigenvalue weighted by Gasteiger charge is 2.37. The molecule has 0 aliphatic rings. The third kappa shape index (κ3) is 8.38. The summed E-state index contributed by atoms with van der Waals surface area (Å²) >= 11 is 0. The molecule has 0 saturated carbocycles. The molecule has 0 fully saturated rings. The van der Waals surface area contributed by atoms with E-state index in [-0.39, 0.29) is 16.9 Å². The van der Waals surface area contributed by atoms with Gasteiger partial charge in [0.1, 0.15) is 5.75 Å². The minimum Gasteiger partial charge on any atom is -0.497 e. The van der Waals surface area contributed by atoms with Gasteiger partial charge in [-0.2, -0.15) is 0 Å². The van der Waals surface area contributed by atoms with Crippen LogP contribution in [0.15, 0.2) is 24.3 Å². The van der Waals surface area contributed by atoms with Crippen LogP contribution < -0.4 is 4.74 Å². The average Bonchev–Trinajstić information content (AvgIpc) is 2.66. The summed E-state index contributed by atoms with van der Waals surface area (Å²) < 4.78 is 17.1. The molecular weight excluding hydrogens is 384 g/mol. The third-order valence-corrected chi connectivity index (χ3v) is 10.8. The Labute approximate surface area is 178 Å². The van der Waals surface area contributed by atoms with Crippen molar-refractivity contribution in [2.45, 2.75) is 78.0 Å². The Kier molecular flexibility index (Phi) is 10.3. The summed E-state index contributed by atoms with van der Waals surface area (Å²) in [6, 6.07) is 7.74. The molecule has 0 unspecified atom stereocenters. The normalized spacial score (nSPS) is 16.9. The van der Waals surface area contributed by atoms with Crippen molar-refractivity contribution in [2.75, 3.05) is 20.3 Å². The number of ether oxygens (including phenoxy) is 2. The molecule has 0 amide bonds. The first-order valence-electron chi connectivity index (χ1n) is 10.6. The monoisotopic (exact) mass is 426 g/mol. The van der Waals surface area contributed by atoms with Gasteiger partial charge in [0.2, 0.25) is 0 Å². The lowest BCUT2D eigenvalue weighted by atomic mass is 9.88. The van der Waals surface area contributed by atoms with E-state index in [1.807, 2.05) is 38.1 Å². The van der Waals surface area contributed by atoms with E-state index < -0.39 is 20.5 Å². The molecule has 0 radical (unpaired) electrons. The summed E-state index contributed by atoms with van der Waals surface area (Å²) in [6.45, 7) is 16.3. The summed E-state index contributed by atoms with van der Waals surface area (Å²) in [5.41, 5.74) is 1.06. The number of benzene rings is 1. The first-order valence-corrected chi connectivity index (χ1v) is 13.5. The molecule has 0 saturated heterocycles. The third-order valence-electron chi connectivity index (χ3n) is 6.22. The van der Waals surface area contributed by atoms with Gasteiger partial charge in [0.25, 0.3) is 0 Å². The molecule has 29 heavy (non-hydrogen) atoms. The van der Waals surface area contributed by atoms with Crippen LogP contribution in [0.25, 0.3) is 0 Å². The molecule has 0 aromatic heterocycles. The van der Waals surface area contributed by atoms with Crippen molar-refractivity contribution in [3.63, 3.8) is 0 Å². The van der Waals surface area contributed by atoms with Crippen LogP contribution in [0.3, 0.4) is 0 Å². The molecule has 0 spiro atoms. The second kappa shape index (κ2) is 11.5. The summed E-state index contributed by atoms with van der Waals surface area (Å²) in [5.74, 6) is 0.509. The van der Waals surface area contributed by atoms with E-state index in [0.29, 0.717) is 26.2 Å². The van der Waals surface area contributed by atoms with Crippen LogP contribution in [-0.2, 0) is 15.8 Å². The van der Waals surface area contributed by atoms with Crippen molar-refractivity contribution in [3.8, 4) is 5.75 Å². The lowest BCUT2D eigenvalue weighted by Gasteiger charge is -2.36. The zero-order chi connectivity index (χ0) is 22.2. The number of aliphatic hydroxyl groups is 2. The predicted molar refractivity (Wildman–Crippen MR) is 121 cm³/mol. The number of methoxy groups -OCH3 is 1. The van der Waals surface area contributed by atoms with E-state index in [4.69, 9.17) is 13.9 Å². The standard InChI is InChI=1S/C23H42O5Si/c1-17(15-27-16-19-9-11-20(26-6)12-10-19)22(25)18(2)21(24)13-14-28-29(7,8)23(3,4)5/h9-12,17-18,21-22,24-25H,13-16H2,1-8H3/t17-,18-,21-,22+/m0/s1. The molecule has 5 nitrogen and oxygen atoms in total. The second-order valence-electron chi connectivity index (χ2n) is 9.65. The highest BCUT2D eigenvalue weighted by atomic mass is 28.4. The van der Waals surface area contributed by atoms with Crippen molar-refractivity contribution >= 4 is 8.32 Å². The Morgan fingerprint density at radius 1 is 1.03 bits per heavy atom. The van der Waals surface area contributed by atoms with Crippen LogP contribution in [0.5, 0.6) is 5.75 Å². The van der Waals surface area contributed by atoms with Gasteiger partial charge < -0.3 is 24.1 Å². The van der Waals surface area contributed by atoms with Crippen molar-refractivity contribution in [1.29, 1.82) is 0 Å². The predicted octanol–water partition coefficient (Wildman–Crippen LogP) is 4.62. The first kappa shape index (κ1) is 26.1. The number of rotatable bonds is 12. The molecule has 0 aliphatic heterocycles. The zero-order valence-corrected chi connectivity index (χ0v) is 20.6. The van der Waals surface area contributed by atoms with E-state index in [2.05, 4.69) is 33.9 Å². The summed E-state index contributed by atoms with van der Waals surface area (Å²) in [6.07, 6.45) is -0.697. The molecule has 1 aromatic rings. The van der Waals surface area contributed by atoms with Crippen LogP contribution >= 0.6 is 0 Å². The van der Waals surface area contributed by atoms with E-state index in [0.717, 1.165) is 11.3 Å². The van der Waals surface area contributed by atoms with Gasteiger partial charge in [0, 0.05) is 18.4 Å². The van der Waals surface area contributed by atoms with Gasteiger partial charge in [-0.3, -0.25) is 0 Å². The number of hydrogen-bond donors (Lipinski definition) is 2. The van der Waals surface area contributed by atoms with Crippen LogP contribution in [0.4, 0.5) is 0 Å². The van der Waals surface area contributed by atoms with E-state index in [1.165, 1.54) is 0 Å². The molecule has 6 heteroatoms. The molecule has 2 N–H and O–H groups in total. The van der Waals surface area contributed by atoms with E-state index in [9.17, 15) is 10.2 Å². The molecule has 1 rings (SSSR count). The van der Waals surface area contributed by atoms with Gasteiger partial charge in [0.05, 0.1) is 32.5 Å². The maximum absolute atomic E-state index is 10.6. The average molecular weight is 427 g/mol. The minimum atomic E-state index is -1.81. The van der Waals surface area contributed by atoms with Crippen molar-refractivity contribution < 1.29 is 24.1 Å². The van der Waals surface area contributed by atoms with Crippen LogP contribution in [-0.4, -0.2) is 51.1 Å². The van der Waals surface area contributed by atoms with Gasteiger partial charge in [-0.15, -0.1) is 0 Å². The molecule has 0 heterocycles. The fourth-order valence-electron chi connectivity index (χ4n) is 2.84. The van der Waals surface area contributed by atoms with Crippen LogP contribution in [0.1, 0.15) is 46.6 Å². The van der Waals surface area contributed by atoms with Crippen LogP contribution in [0, 0.1) is 11.8 Å². The van der Waals surface area contributed by atoms with Gasteiger partial charge >= 0.3 is 0 Å². The molecule has 0 aliphatic carbocycles. The Balaban J connectivity index is 2.39. The molecule has 4 atom stereocenters. The molecule has 1 aromatic carbocycles. The van der Waals surface area contributed by atoms with E-state index >= 15 is 0 Å². The molecule has 0 bridgehead atoms. The summed E-state index contributed by atoms with van der Waals surface area (Å²) in [4.78, 5) is 0. The van der Waals surface area contributed by atoms with Crippen molar-refractivity contribution in [1.82, 2.24) is 0 Å². The van der Waals surface area contributed by atoms with Crippen molar-refractivity contribution in [3.05, 3.63) is 29.8 Å². The maximum atomic E-state index is 10.6. The van der Waals surface area contributed by atoms with Gasteiger partial charge in [-0.25, -0.2) is 0 Å². The number of hydrogen-bond acceptors (Lipinski definition) is 5. The second-order valence-corrected chi connectivity index (χ2v) is 14.5. The number of aliphatic hydroxyl groups excluding tert-OH is 2. The van der Waals surface area contributed by atoms with Gasteiger partial charge in [0.15, 0.2) is 8.32 Å². The zero-order valence-electron chi connectivity index (χ0n) is 19.6. The highest BCUT2D eigenvalue weighted by molar-refractivity contribution is 6.74. The fourth-order valence-corrected chi connectivity index (χ4v) is 3.90. The van der Waals surface area contributed by atoms with Gasteiger partial charge in [-0.05, 0) is 42.2 Å². The first-order chi connectivity index (χ1) is 13.4. The lowest BCUT2D eigenvalue weighted by molar-refractivity contribution is -0.0390. The highest BCUT2D eigenvalue weighted by Crippen LogP contribution is 2.36. The maximum Gasteiger partial charge on any atom is 0.191 e. The summed E-state index contributed by atoms with van der Waals surface area (Å²) in [5, 5.41) is 21.3. The Hall–Kier alpha value is -0.923. The minimum absolute atomic E-state index is 0.0702. The largest absolute Gasteiger partial charge is 0.497 e. The Morgan fingerprint density at radius 3 is 2.14 bits per heavy atom. The molecular formula is C23H42O5Si. The molecule has 168 valence electrons. The summed E-state index contributed by atoms with van der Waals surface area (Å²) in [7, 11) is -0.170. The van der Waals surface area contributed by atoms with Crippen molar-refractivity contribution in [2.24, 2.45) is 11.8 Å². The van der Waals surface area contributed by atoms with Crippen LogP contribution in [0.2, 0.25) is 18.1 Å². The van der Waals surface area contributed by atoms with E-state index in [1.54, 1.807) is 7.11 Å². The quantitative estimate of drug-likeness (QED) is 0.477. The Bertz CT molecular complexity index is 582. The SMILES string of the molecule is COc1ccc(COC[C@H](C)[C@@H](O)[C@@H](C)[C@@H](O)CCO[Si](C)(C)C(C)(C)C)cc1. The lowest BCUT2D eigenvalue weighted by Crippen LogP contribution is -2.42. The smallest absolute Gasteiger partial charge is 0.191 e. The Morgan fingerprint density at radius 2 is 1.62 bits per heavy atom. The fraction of sp³-hybridized carbons (Fsp3) is 0.739. The topological polar surface area (TPSA) is 68.2 Å².